The molecule has 0 heterocycles. The van der Waals surface area contributed by atoms with Crippen LogP contribution in [0.3, 0.4) is 0 Å². The highest BCUT2D eigenvalue weighted by Crippen LogP contribution is 2.49. The zero-order valence-electron chi connectivity index (χ0n) is 15.1. The Hall–Kier alpha value is -1.66. The number of esters is 1. The minimum Gasteiger partial charge on any atom is -0.469 e. The number of benzene rings is 1. The van der Waals surface area contributed by atoms with Crippen LogP contribution >= 0.6 is 0 Å². The summed E-state index contributed by atoms with van der Waals surface area (Å²) in [6.07, 6.45) is 9.61. The maximum absolute atomic E-state index is 12.7. The summed E-state index contributed by atoms with van der Waals surface area (Å²) in [6.45, 7) is 0. The highest BCUT2D eigenvalue weighted by atomic mass is 32.2. The van der Waals surface area contributed by atoms with E-state index in [-0.39, 0.29) is 17.9 Å². The van der Waals surface area contributed by atoms with Crippen LogP contribution < -0.4 is 4.72 Å². The van der Waals surface area contributed by atoms with Crippen molar-refractivity contribution in [1.82, 2.24) is 4.72 Å². The normalized spacial score (nSPS) is 27.9. The minimum absolute atomic E-state index is 0.0317. The molecular weight excluding hydrogens is 350 g/mol. The molecule has 26 heavy (non-hydrogen) atoms. The second-order valence-electron chi connectivity index (χ2n) is 7.27. The lowest BCUT2D eigenvalue weighted by Crippen LogP contribution is -2.43. The maximum atomic E-state index is 12.7. The first-order valence-electron chi connectivity index (χ1n) is 9.32. The molecular formula is C20H27NO4S. The van der Waals surface area contributed by atoms with Gasteiger partial charge < -0.3 is 4.74 Å². The Morgan fingerprint density at radius 1 is 1.23 bits per heavy atom. The van der Waals surface area contributed by atoms with Crippen LogP contribution in [0.1, 0.15) is 38.5 Å². The van der Waals surface area contributed by atoms with E-state index in [1.807, 2.05) is 6.07 Å². The summed E-state index contributed by atoms with van der Waals surface area (Å²) < 4.78 is 33.0. The lowest BCUT2D eigenvalue weighted by molar-refractivity contribution is -0.140. The number of methoxy groups -OCH3 is 1. The van der Waals surface area contributed by atoms with Crippen LogP contribution in [0.5, 0.6) is 0 Å². The van der Waals surface area contributed by atoms with Crippen LogP contribution in [0.25, 0.3) is 0 Å². The molecule has 4 atom stereocenters. The summed E-state index contributed by atoms with van der Waals surface area (Å²) in [5.41, 5.74) is 0. The average Bonchev–Trinajstić information content (AvgIpc) is 3.24. The number of unbranched alkanes of at least 4 members (excludes halogenated alkanes) is 1. The van der Waals surface area contributed by atoms with Crippen molar-refractivity contribution in [2.75, 3.05) is 7.11 Å². The summed E-state index contributed by atoms with van der Waals surface area (Å²) in [5.74, 6) is 1.03. The largest absolute Gasteiger partial charge is 0.469 e. The lowest BCUT2D eigenvalue weighted by atomic mass is 9.84. The van der Waals surface area contributed by atoms with E-state index in [4.69, 9.17) is 0 Å². The quantitative estimate of drug-likeness (QED) is 0.429. The highest BCUT2D eigenvalue weighted by molar-refractivity contribution is 7.89. The van der Waals surface area contributed by atoms with Gasteiger partial charge in [-0.05, 0) is 62.0 Å². The van der Waals surface area contributed by atoms with Crippen molar-refractivity contribution in [3.63, 3.8) is 0 Å². The molecule has 0 radical (unpaired) electrons. The highest BCUT2D eigenvalue weighted by Gasteiger charge is 2.47. The Balaban J connectivity index is 1.63. The van der Waals surface area contributed by atoms with Crippen molar-refractivity contribution in [3.8, 4) is 0 Å². The molecule has 2 fully saturated rings. The van der Waals surface area contributed by atoms with Gasteiger partial charge in [0.2, 0.25) is 10.0 Å². The molecule has 1 aromatic rings. The van der Waals surface area contributed by atoms with Gasteiger partial charge in [-0.3, -0.25) is 4.79 Å². The number of carbonyl (C=O) groups excluding carboxylic acids is 1. The van der Waals surface area contributed by atoms with Gasteiger partial charge in [-0.1, -0.05) is 30.4 Å². The fourth-order valence-electron chi connectivity index (χ4n) is 4.35. The van der Waals surface area contributed by atoms with Crippen LogP contribution in [0, 0.1) is 17.8 Å². The number of ether oxygens (including phenoxy) is 1. The van der Waals surface area contributed by atoms with Crippen LogP contribution in [-0.4, -0.2) is 27.5 Å². The third kappa shape index (κ3) is 4.35. The van der Waals surface area contributed by atoms with Gasteiger partial charge in [0, 0.05) is 12.5 Å². The Morgan fingerprint density at radius 3 is 2.69 bits per heavy atom. The SMILES string of the molecule is COC(=O)CCCC=C[C@H]1[C@@H]2CC[C@@H](C2)[C@@H]1NS(=O)(=O)c1ccccc1. The van der Waals surface area contributed by atoms with Crippen molar-refractivity contribution in [3.05, 3.63) is 42.5 Å². The Morgan fingerprint density at radius 2 is 1.96 bits per heavy atom. The van der Waals surface area contributed by atoms with Crippen LogP contribution in [0.15, 0.2) is 47.4 Å². The molecule has 142 valence electrons. The van der Waals surface area contributed by atoms with E-state index in [0.29, 0.717) is 23.2 Å². The molecule has 0 amide bonds. The van der Waals surface area contributed by atoms with Crippen LogP contribution in [0.2, 0.25) is 0 Å². The third-order valence-electron chi connectivity index (χ3n) is 5.66. The fourth-order valence-corrected chi connectivity index (χ4v) is 5.71. The molecule has 0 aromatic heterocycles. The predicted octanol–water partition coefficient (Wildman–Crippen LogP) is 3.28. The van der Waals surface area contributed by atoms with E-state index in [9.17, 15) is 13.2 Å². The zero-order valence-corrected chi connectivity index (χ0v) is 16.0. The summed E-state index contributed by atoms with van der Waals surface area (Å²) >= 11 is 0. The molecule has 5 nitrogen and oxygen atoms in total. The number of sulfonamides is 1. The van der Waals surface area contributed by atoms with Gasteiger partial charge in [0.15, 0.2) is 0 Å². The first-order valence-corrected chi connectivity index (χ1v) is 10.8. The minimum atomic E-state index is -3.49. The van der Waals surface area contributed by atoms with E-state index in [1.165, 1.54) is 13.5 Å². The monoisotopic (exact) mass is 377 g/mol. The van der Waals surface area contributed by atoms with E-state index in [1.54, 1.807) is 24.3 Å². The van der Waals surface area contributed by atoms with Crippen molar-refractivity contribution >= 4 is 16.0 Å². The molecule has 1 aromatic carbocycles. The molecule has 0 aliphatic heterocycles. The second-order valence-corrected chi connectivity index (χ2v) is 8.98. The molecule has 6 heteroatoms. The topological polar surface area (TPSA) is 72.5 Å². The number of nitrogens with one attached hydrogen (secondary N) is 1. The van der Waals surface area contributed by atoms with Crippen molar-refractivity contribution in [2.45, 2.75) is 49.5 Å². The number of hydrogen-bond donors (Lipinski definition) is 1. The van der Waals surface area contributed by atoms with Gasteiger partial charge in [0.1, 0.15) is 0 Å². The average molecular weight is 378 g/mol. The third-order valence-corrected chi connectivity index (χ3v) is 7.14. The number of carbonyl (C=O) groups is 1. The standard InChI is InChI=1S/C20H27NO4S/c1-25-19(22)11-7-3-6-10-18-15-12-13-16(14-15)20(18)21-26(23,24)17-8-4-2-5-9-17/h2,4-6,8-10,15-16,18,20-21H,3,7,11-14H2,1H3/t15-,16+,18+,20+/m1/s1. The molecule has 0 unspecified atom stereocenters. The smallest absolute Gasteiger partial charge is 0.305 e. The Labute approximate surface area is 155 Å². The number of allylic oxidation sites excluding steroid dienone is 1. The van der Waals surface area contributed by atoms with Gasteiger partial charge in [-0.2, -0.15) is 0 Å². The van der Waals surface area contributed by atoms with Gasteiger partial charge >= 0.3 is 5.97 Å². The summed E-state index contributed by atoms with van der Waals surface area (Å²) in [4.78, 5) is 11.5. The van der Waals surface area contributed by atoms with Gasteiger partial charge in [-0.25, -0.2) is 13.1 Å². The Bertz CT molecular complexity index is 744. The number of fused-ring (bicyclic) bond motifs is 2. The van der Waals surface area contributed by atoms with Gasteiger partial charge in [0.25, 0.3) is 0 Å². The summed E-state index contributed by atoms with van der Waals surface area (Å²) in [7, 11) is -2.09. The molecule has 0 saturated heterocycles. The van der Waals surface area contributed by atoms with Gasteiger partial charge in [0.05, 0.1) is 12.0 Å². The predicted molar refractivity (Wildman–Crippen MR) is 99.9 cm³/mol. The van der Waals surface area contributed by atoms with E-state index < -0.39 is 10.0 Å². The van der Waals surface area contributed by atoms with Gasteiger partial charge in [-0.15, -0.1) is 0 Å². The lowest BCUT2D eigenvalue weighted by Gasteiger charge is -2.29. The van der Waals surface area contributed by atoms with Crippen molar-refractivity contribution in [1.29, 1.82) is 0 Å². The Kier molecular flexibility index (Phi) is 6.14. The molecule has 3 rings (SSSR count). The fraction of sp³-hybridized carbons (Fsp3) is 0.550. The van der Waals surface area contributed by atoms with Crippen LogP contribution in [-0.2, 0) is 19.6 Å². The molecule has 2 aliphatic carbocycles. The first-order chi connectivity index (χ1) is 12.5. The van der Waals surface area contributed by atoms with Crippen molar-refractivity contribution < 1.29 is 17.9 Å². The second kappa shape index (κ2) is 8.35. The maximum Gasteiger partial charge on any atom is 0.305 e. The van der Waals surface area contributed by atoms with Crippen molar-refractivity contribution in [2.24, 2.45) is 17.8 Å². The van der Waals surface area contributed by atoms with E-state index in [0.717, 1.165) is 25.7 Å². The van der Waals surface area contributed by atoms with Crippen LogP contribution in [0.4, 0.5) is 0 Å². The first kappa shape index (κ1) is 19.1. The summed E-state index contributed by atoms with van der Waals surface area (Å²) in [5, 5.41) is 0. The van der Waals surface area contributed by atoms with E-state index >= 15 is 0 Å². The number of rotatable bonds is 8. The molecule has 1 N–H and O–H groups in total. The molecule has 2 saturated carbocycles. The summed E-state index contributed by atoms with van der Waals surface area (Å²) in [6, 6.07) is 8.54. The number of hydrogen-bond acceptors (Lipinski definition) is 4. The zero-order chi connectivity index (χ0) is 18.6. The van der Waals surface area contributed by atoms with E-state index in [2.05, 4.69) is 21.6 Å². The molecule has 0 spiro atoms. The molecule has 2 bridgehead atoms. The molecule has 2 aliphatic rings.